The molecule has 16 heavy (non-hydrogen) atoms. The average Bonchev–Trinajstić information content (AvgIpc) is 2.40. The van der Waals surface area contributed by atoms with Gasteiger partial charge >= 0.3 is 0 Å². The summed E-state index contributed by atoms with van der Waals surface area (Å²) in [5.41, 5.74) is 1.04. The lowest BCUT2D eigenvalue weighted by atomic mass is 9.98. The fourth-order valence-corrected chi connectivity index (χ4v) is 1.55. The van der Waals surface area contributed by atoms with Gasteiger partial charge in [0.15, 0.2) is 4.87 Å². The molecule has 2 aromatic heterocycles. The summed E-state index contributed by atoms with van der Waals surface area (Å²) in [5, 5.41) is 9.22. The molecule has 1 atom stereocenters. The zero-order chi connectivity index (χ0) is 11.4. The molecule has 78 valence electrons. The van der Waals surface area contributed by atoms with Crippen LogP contribution in [0.1, 0.15) is 11.3 Å². The van der Waals surface area contributed by atoms with Crippen molar-refractivity contribution in [1.82, 2.24) is 15.0 Å². The molecular formula is C11H7ClN4. The van der Waals surface area contributed by atoms with Crippen LogP contribution in [0.25, 0.3) is 0 Å². The second-order valence-corrected chi connectivity index (χ2v) is 3.67. The van der Waals surface area contributed by atoms with Gasteiger partial charge in [0.2, 0.25) is 0 Å². The minimum atomic E-state index is -1.31. The van der Waals surface area contributed by atoms with Crippen LogP contribution in [0.15, 0.2) is 43.1 Å². The van der Waals surface area contributed by atoms with Crippen molar-refractivity contribution >= 4 is 11.6 Å². The largest absolute Gasteiger partial charge is 0.264 e. The first kappa shape index (κ1) is 10.5. The Morgan fingerprint density at radius 2 is 2.12 bits per heavy atom. The number of aromatic nitrogens is 3. The maximum absolute atomic E-state index is 9.22. The van der Waals surface area contributed by atoms with Gasteiger partial charge in [0.1, 0.15) is 6.33 Å². The van der Waals surface area contributed by atoms with E-state index in [-0.39, 0.29) is 0 Å². The van der Waals surface area contributed by atoms with Gasteiger partial charge in [-0.1, -0.05) is 17.7 Å². The number of halogens is 1. The summed E-state index contributed by atoms with van der Waals surface area (Å²) in [6.07, 6.45) is 6.09. The Hall–Kier alpha value is -1.99. The Morgan fingerprint density at radius 3 is 2.69 bits per heavy atom. The lowest BCUT2D eigenvalue weighted by Crippen LogP contribution is -2.19. The zero-order valence-corrected chi connectivity index (χ0v) is 8.96. The predicted molar refractivity (Wildman–Crippen MR) is 58.5 cm³/mol. The van der Waals surface area contributed by atoms with Crippen LogP contribution in [0.3, 0.4) is 0 Å². The zero-order valence-electron chi connectivity index (χ0n) is 8.21. The Morgan fingerprint density at radius 1 is 1.25 bits per heavy atom. The van der Waals surface area contributed by atoms with Crippen molar-refractivity contribution in [3.05, 3.63) is 54.4 Å². The van der Waals surface area contributed by atoms with Gasteiger partial charge in [0.05, 0.1) is 11.8 Å². The summed E-state index contributed by atoms with van der Waals surface area (Å²) in [7, 11) is 0. The van der Waals surface area contributed by atoms with Crippen LogP contribution in [0.5, 0.6) is 0 Å². The van der Waals surface area contributed by atoms with Gasteiger partial charge in [-0.3, -0.25) is 4.98 Å². The molecule has 0 spiro atoms. The molecule has 4 nitrogen and oxygen atoms in total. The lowest BCUT2D eigenvalue weighted by Gasteiger charge is -2.17. The second kappa shape index (κ2) is 4.25. The summed E-state index contributed by atoms with van der Waals surface area (Å²) in [6.45, 7) is 0. The molecule has 0 saturated carbocycles. The number of rotatable bonds is 2. The van der Waals surface area contributed by atoms with E-state index in [2.05, 4.69) is 15.0 Å². The predicted octanol–water partition coefficient (Wildman–Crippen LogP) is 1.88. The first-order valence-electron chi connectivity index (χ1n) is 4.54. The Labute approximate surface area is 97.6 Å². The highest BCUT2D eigenvalue weighted by Gasteiger charge is 2.33. The van der Waals surface area contributed by atoms with Crippen molar-refractivity contribution in [2.24, 2.45) is 0 Å². The number of nitriles is 1. The van der Waals surface area contributed by atoms with Gasteiger partial charge in [-0.15, -0.1) is 0 Å². The molecule has 0 aliphatic rings. The summed E-state index contributed by atoms with van der Waals surface area (Å²) in [4.78, 5) is 10.4. The summed E-state index contributed by atoms with van der Waals surface area (Å²) in [5.74, 6) is 0. The van der Waals surface area contributed by atoms with Crippen molar-refractivity contribution < 1.29 is 0 Å². The normalized spacial score (nSPS) is 13.8. The first-order valence-corrected chi connectivity index (χ1v) is 4.92. The van der Waals surface area contributed by atoms with Gasteiger partial charge in [-0.05, 0) is 12.1 Å². The molecule has 0 fully saturated rings. The average molecular weight is 231 g/mol. The Bertz CT molecular complexity index is 467. The third kappa shape index (κ3) is 1.73. The maximum Gasteiger partial charge on any atom is 0.199 e. The molecular weight excluding hydrogens is 224 g/mol. The van der Waals surface area contributed by atoms with Crippen LogP contribution >= 0.6 is 11.6 Å². The highest BCUT2D eigenvalue weighted by molar-refractivity contribution is 6.27. The summed E-state index contributed by atoms with van der Waals surface area (Å²) >= 11 is 6.28. The van der Waals surface area contributed by atoms with Gasteiger partial charge in [-0.25, -0.2) is 9.97 Å². The van der Waals surface area contributed by atoms with Gasteiger partial charge in [0.25, 0.3) is 0 Å². The standard InChI is InChI=1S/C11H7ClN4/c12-11(7-13,9-2-1-4-14-6-9)10-3-5-15-8-16-10/h1-6,8H. The van der Waals surface area contributed by atoms with Crippen molar-refractivity contribution in [3.63, 3.8) is 0 Å². The van der Waals surface area contributed by atoms with Crippen LogP contribution < -0.4 is 0 Å². The molecule has 0 aliphatic heterocycles. The Kier molecular flexibility index (Phi) is 2.80. The minimum Gasteiger partial charge on any atom is -0.264 e. The quantitative estimate of drug-likeness (QED) is 0.739. The van der Waals surface area contributed by atoms with E-state index in [1.807, 2.05) is 6.07 Å². The van der Waals surface area contributed by atoms with Crippen molar-refractivity contribution in [2.75, 3.05) is 0 Å². The molecule has 0 amide bonds. The molecule has 0 aromatic carbocycles. The third-order valence-electron chi connectivity index (χ3n) is 2.15. The van der Waals surface area contributed by atoms with Gasteiger partial charge in [-0.2, -0.15) is 5.26 Å². The van der Waals surface area contributed by atoms with E-state index in [9.17, 15) is 5.26 Å². The smallest absolute Gasteiger partial charge is 0.199 e. The van der Waals surface area contributed by atoms with E-state index in [0.29, 0.717) is 11.3 Å². The molecule has 5 heteroatoms. The molecule has 2 heterocycles. The van der Waals surface area contributed by atoms with Crippen LogP contribution in [0, 0.1) is 11.3 Å². The number of hydrogen-bond acceptors (Lipinski definition) is 4. The molecule has 2 rings (SSSR count). The SMILES string of the molecule is N#CC(Cl)(c1cccnc1)c1ccncn1. The Balaban J connectivity index is 2.55. The molecule has 1 unspecified atom stereocenters. The summed E-state index contributed by atoms with van der Waals surface area (Å²) in [6, 6.07) is 7.13. The van der Waals surface area contributed by atoms with E-state index in [1.54, 1.807) is 36.8 Å². The highest BCUT2D eigenvalue weighted by atomic mass is 35.5. The van der Waals surface area contributed by atoms with Crippen molar-refractivity contribution in [2.45, 2.75) is 4.87 Å². The number of pyridine rings is 1. The van der Waals surface area contributed by atoms with E-state index < -0.39 is 4.87 Å². The van der Waals surface area contributed by atoms with Crippen LogP contribution in [-0.2, 0) is 4.87 Å². The summed E-state index contributed by atoms with van der Waals surface area (Å²) < 4.78 is 0. The third-order valence-corrected chi connectivity index (χ3v) is 2.64. The molecule has 0 saturated heterocycles. The van der Waals surface area contributed by atoms with Crippen LogP contribution in [0.4, 0.5) is 0 Å². The molecule has 0 aliphatic carbocycles. The van der Waals surface area contributed by atoms with E-state index in [4.69, 9.17) is 11.6 Å². The van der Waals surface area contributed by atoms with Crippen molar-refractivity contribution in [3.8, 4) is 6.07 Å². The topological polar surface area (TPSA) is 62.5 Å². The molecule has 2 aromatic rings. The maximum atomic E-state index is 9.22. The molecule has 0 bridgehead atoms. The van der Waals surface area contributed by atoms with Gasteiger partial charge < -0.3 is 0 Å². The molecule has 0 N–H and O–H groups in total. The van der Waals surface area contributed by atoms with Crippen LogP contribution in [0.2, 0.25) is 0 Å². The lowest BCUT2D eigenvalue weighted by molar-refractivity contribution is 0.862. The first-order chi connectivity index (χ1) is 7.77. The van der Waals surface area contributed by atoms with E-state index in [0.717, 1.165) is 0 Å². The van der Waals surface area contributed by atoms with Gasteiger partial charge in [0, 0.05) is 24.2 Å². The minimum absolute atomic E-state index is 0.444. The fourth-order valence-electron chi connectivity index (χ4n) is 1.33. The number of nitrogens with zero attached hydrogens (tertiary/aromatic N) is 4. The van der Waals surface area contributed by atoms with E-state index in [1.165, 1.54) is 6.33 Å². The number of alkyl halides is 1. The second-order valence-electron chi connectivity index (χ2n) is 3.11. The number of hydrogen-bond donors (Lipinski definition) is 0. The fraction of sp³-hybridized carbons (Fsp3) is 0.0909. The van der Waals surface area contributed by atoms with Crippen molar-refractivity contribution in [1.29, 1.82) is 5.26 Å². The highest BCUT2D eigenvalue weighted by Crippen LogP contribution is 2.33. The monoisotopic (exact) mass is 230 g/mol. The van der Waals surface area contributed by atoms with Crippen LogP contribution in [-0.4, -0.2) is 15.0 Å². The molecule has 0 radical (unpaired) electrons. The van der Waals surface area contributed by atoms with E-state index >= 15 is 0 Å².